The van der Waals surface area contributed by atoms with E-state index in [4.69, 9.17) is 4.98 Å². The van der Waals surface area contributed by atoms with Gasteiger partial charge in [-0.2, -0.15) is 11.3 Å². The van der Waals surface area contributed by atoms with Gasteiger partial charge in [0.25, 0.3) is 0 Å². The fourth-order valence-corrected chi connectivity index (χ4v) is 4.89. The predicted molar refractivity (Wildman–Crippen MR) is 119 cm³/mol. The molecule has 0 saturated carbocycles. The Bertz CT molecular complexity index is 975. The lowest BCUT2D eigenvalue weighted by Crippen LogP contribution is -2.49. The lowest BCUT2D eigenvalue weighted by atomic mass is 10.2. The number of aryl methyl sites for hydroxylation is 1. The average Bonchev–Trinajstić information content (AvgIpc) is 3.39. The van der Waals surface area contributed by atoms with E-state index >= 15 is 0 Å². The van der Waals surface area contributed by atoms with Crippen LogP contribution in [0.3, 0.4) is 0 Å². The Hall–Kier alpha value is -2.32. The molecule has 4 heterocycles. The van der Waals surface area contributed by atoms with Crippen molar-refractivity contribution in [1.29, 1.82) is 0 Å². The minimum Gasteiger partial charge on any atom is -0.353 e. The summed E-state index contributed by atoms with van der Waals surface area (Å²) in [6.07, 6.45) is 0.366. The third-order valence-corrected chi connectivity index (χ3v) is 6.61. The number of nitrogens with zero attached hydrogens (tertiary/aromatic N) is 5. The van der Waals surface area contributed by atoms with Gasteiger partial charge in [0.1, 0.15) is 16.6 Å². The first-order chi connectivity index (χ1) is 14.0. The quantitative estimate of drug-likeness (QED) is 0.616. The summed E-state index contributed by atoms with van der Waals surface area (Å²) < 4.78 is 0. The zero-order chi connectivity index (χ0) is 20.4. The first kappa shape index (κ1) is 20.0. The number of thiophene rings is 1. The molecule has 3 aromatic heterocycles. The van der Waals surface area contributed by atoms with Crippen LogP contribution in [0, 0.1) is 6.92 Å². The maximum atomic E-state index is 12.8. The predicted octanol–water partition coefficient (Wildman–Crippen LogP) is 3.98. The van der Waals surface area contributed by atoms with Gasteiger partial charge >= 0.3 is 0 Å². The molecule has 152 valence electrons. The number of carbonyl (C=O) groups excluding carboxylic acids is 1. The van der Waals surface area contributed by atoms with Crippen molar-refractivity contribution in [2.45, 2.75) is 33.1 Å². The van der Waals surface area contributed by atoms with Gasteiger partial charge in [0.2, 0.25) is 5.91 Å². The summed E-state index contributed by atoms with van der Waals surface area (Å²) >= 11 is 3.26. The van der Waals surface area contributed by atoms with Crippen LogP contribution in [0.5, 0.6) is 0 Å². The number of aromatic nitrogens is 3. The maximum absolute atomic E-state index is 12.8. The summed E-state index contributed by atoms with van der Waals surface area (Å²) in [5.41, 5.74) is 2.98. The Labute approximate surface area is 179 Å². The van der Waals surface area contributed by atoms with Crippen molar-refractivity contribution >= 4 is 34.4 Å². The van der Waals surface area contributed by atoms with Crippen molar-refractivity contribution < 1.29 is 4.79 Å². The largest absolute Gasteiger partial charge is 0.353 e. The van der Waals surface area contributed by atoms with Crippen molar-refractivity contribution in [3.63, 3.8) is 0 Å². The van der Waals surface area contributed by atoms with E-state index in [9.17, 15) is 4.79 Å². The fourth-order valence-electron chi connectivity index (χ4n) is 3.35. The molecule has 1 saturated heterocycles. The Morgan fingerprint density at radius 3 is 2.62 bits per heavy atom. The van der Waals surface area contributed by atoms with Gasteiger partial charge in [0.05, 0.1) is 12.1 Å². The smallest absolute Gasteiger partial charge is 0.228 e. The molecule has 0 atom stereocenters. The number of piperazine rings is 1. The van der Waals surface area contributed by atoms with Crippen LogP contribution in [0.2, 0.25) is 0 Å². The van der Waals surface area contributed by atoms with E-state index in [2.05, 4.69) is 40.2 Å². The number of anilines is 1. The lowest BCUT2D eigenvalue weighted by Gasteiger charge is -2.35. The van der Waals surface area contributed by atoms with Gasteiger partial charge in [-0.1, -0.05) is 13.8 Å². The maximum Gasteiger partial charge on any atom is 0.228 e. The molecule has 8 heteroatoms. The third kappa shape index (κ3) is 4.64. The summed E-state index contributed by atoms with van der Waals surface area (Å²) in [7, 11) is 0. The molecule has 0 bridgehead atoms. The number of rotatable bonds is 5. The molecule has 1 fully saturated rings. The van der Waals surface area contributed by atoms with Gasteiger partial charge < -0.3 is 9.80 Å². The molecule has 6 nitrogen and oxygen atoms in total. The average molecular weight is 428 g/mol. The standard InChI is InChI=1S/C21H25N5OS2/c1-14(2)20-22-15(3)10-18(24-20)25-5-7-26(8-6-25)19(27)11-17-13-29-21(23-17)16-4-9-28-12-16/h4,9-10,12-14H,5-8,11H2,1-3H3. The van der Waals surface area contributed by atoms with Gasteiger partial charge in [0, 0.05) is 60.2 Å². The first-order valence-electron chi connectivity index (χ1n) is 9.85. The van der Waals surface area contributed by atoms with E-state index in [1.54, 1.807) is 22.7 Å². The molecule has 1 aliphatic rings. The Balaban J connectivity index is 1.35. The summed E-state index contributed by atoms with van der Waals surface area (Å²) in [5, 5.41) is 7.12. The number of hydrogen-bond acceptors (Lipinski definition) is 7. The van der Waals surface area contributed by atoms with Crippen LogP contribution in [0.15, 0.2) is 28.3 Å². The summed E-state index contributed by atoms with van der Waals surface area (Å²) in [6, 6.07) is 4.10. The highest BCUT2D eigenvalue weighted by atomic mass is 32.1. The van der Waals surface area contributed by atoms with Crippen LogP contribution >= 0.6 is 22.7 Å². The lowest BCUT2D eigenvalue weighted by molar-refractivity contribution is -0.130. The third-order valence-electron chi connectivity index (χ3n) is 4.98. The molecule has 4 rings (SSSR count). The minimum absolute atomic E-state index is 0.147. The normalized spacial score (nSPS) is 14.6. The summed E-state index contributed by atoms with van der Waals surface area (Å²) in [5.74, 6) is 2.29. The highest BCUT2D eigenvalue weighted by molar-refractivity contribution is 7.14. The zero-order valence-electron chi connectivity index (χ0n) is 17.0. The Morgan fingerprint density at radius 2 is 1.93 bits per heavy atom. The summed E-state index contributed by atoms with van der Waals surface area (Å²) in [6.45, 7) is 9.22. The molecule has 0 aromatic carbocycles. The van der Waals surface area contributed by atoms with Gasteiger partial charge in [-0.05, 0) is 18.4 Å². The number of carbonyl (C=O) groups is 1. The zero-order valence-corrected chi connectivity index (χ0v) is 18.6. The number of thiazole rings is 1. The van der Waals surface area contributed by atoms with E-state index in [0.29, 0.717) is 25.4 Å². The first-order valence-corrected chi connectivity index (χ1v) is 11.7. The molecule has 0 radical (unpaired) electrons. The van der Waals surface area contributed by atoms with Crippen molar-refractivity contribution in [3.05, 3.63) is 45.5 Å². The molecule has 1 aliphatic heterocycles. The molecule has 3 aromatic rings. The molecule has 29 heavy (non-hydrogen) atoms. The van der Waals surface area contributed by atoms with Gasteiger partial charge in [-0.3, -0.25) is 4.79 Å². The molecular weight excluding hydrogens is 402 g/mol. The van der Waals surface area contributed by atoms with Gasteiger partial charge in [-0.15, -0.1) is 11.3 Å². The molecule has 0 spiro atoms. The number of amides is 1. The van der Waals surface area contributed by atoms with Crippen LogP contribution in [0.25, 0.3) is 10.6 Å². The van der Waals surface area contributed by atoms with E-state index in [0.717, 1.165) is 46.7 Å². The van der Waals surface area contributed by atoms with Crippen molar-refractivity contribution in [2.24, 2.45) is 0 Å². The fraction of sp³-hybridized carbons (Fsp3) is 0.429. The Morgan fingerprint density at radius 1 is 1.14 bits per heavy atom. The van der Waals surface area contributed by atoms with Crippen LogP contribution in [-0.2, 0) is 11.2 Å². The highest BCUT2D eigenvalue weighted by Gasteiger charge is 2.23. The highest BCUT2D eigenvalue weighted by Crippen LogP contribution is 2.26. The van der Waals surface area contributed by atoms with Gasteiger partial charge in [-0.25, -0.2) is 15.0 Å². The van der Waals surface area contributed by atoms with Crippen LogP contribution in [0.4, 0.5) is 5.82 Å². The topological polar surface area (TPSA) is 62.2 Å². The number of hydrogen-bond donors (Lipinski definition) is 0. The monoisotopic (exact) mass is 427 g/mol. The van der Waals surface area contributed by atoms with E-state index in [-0.39, 0.29) is 5.91 Å². The molecule has 0 N–H and O–H groups in total. The minimum atomic E-state index is 0.147. The summed E-state index contributed by atoms with van der Waals surface area (Å²) in [4.78, 5) is 30.8. The SMILES string of the molecule is Cc1cc(N2CCN(C(=O)Cc3csc(-c4ccsc4)n3)CC2)nc(C(C)C)n1. The molecular formula is C21H25N5OS2. The van der Waals surface area contributed by atoms with E-state index in [1.165, 1.54) is 0 Å². The van der Waals surface area contributed by atoms with Crippen LogP contribution in [-0.4, -0.2) is 51.9 Å². The second-order valence-corrected chi connectivity index (χ2v) is 9.22. The molecule has 0 unspecified atom stereocenters. The van der Waals surface area contributed by atoms with Crippen LogP contribution < -0.4 is 4.90 Å². The second kappa shape index (κ2) is 8.59. The van der Waals surface area contributed by atoms with Crippen LogP contribution in [0.1, 0.15) is 37.0 Å². The van der Waals surface area contributed by atoms with E-state index < -0.39 is 0 Å². The van der Waals surface area contributed by atoms with Crippen molar-refractivity contribution in [3.8, 4) is 10.6 Å². The van der Waals surface area contributed by atoms with Crippen molar-refractivity contribution in [2.75, 3.05) is 31.1 Å². The van der Waals surface area contributed by atoms with E-state index in [1.807, 2.05) is 28.7 Å². The van der Waals surface area contributed by atoms with Crippen molar-refractivity contribution in [1.82, 2.24) is 19.9 Å². The Kier molecular flexibility index (Phi) is 5.91. The second-order valence-electron chi connectivity index (χ2n) is 7.58. The molecule has 1 amide bonds. The molecule has 0 aliphatic carbocycles. The van der Waals surface area contributed by atoms with Gasteiger partial charge in [0.15, 0.2) is 0 Å².